The third-order valence-corrected chi connectivity index (χ3v) is 4.12. The van der Waals surface area contributed by atoms with Crippen LogP contribution in [0, 0.1) is 11.3 Å². The minimum atomic E-state index is -0.235. The Balaban J connectivity index is 1.79. The number of allylic oxidation sites excluding steroid dienone is 1. The maximum Gasteiger partial charge on any atom is 0.221 e. The number of nitriles is 1. The number of ether oxygens (including phenoxy) is 2. The third-order valence-electron chi connectivity index (χ3n) is 3.63. The SMILES string of the molecule is COc1cc(/C=C/C(=O)c2cc3cc(Br)ccc3o2)ccc1OCC#N. The van der Waals surface area contributed by atoms with Crippen LogP contribution >= 0.6 is 15.9 Å². The lowest BCUT2D eigenvalue weighted by Gasteiger charge is -2.08. The van der Waals surface area contributed by atoms with E-state index >= 15 is 0 Å². The van der Waals surface area contributed by atoms with Gasteiger partial charge in [0.15, 0.2) is 23.9 Å². The molecule has 0 N–H and O–H groups in total. The van der Waals surface area contributed by atoms with E-state index in [0.29, 0.717) is 17.1 Å². The highest BCUT2D eigenvalue weighted by Crippen LogP contribution is 2.29. The maximum absolute atomic E-state index is 12.4. The summed E-state index contributed by atoms with van der Waals surface area (Å²) in [6.45, 7) is -0.0633. The number of furan rings is 1. The van der Waals surface area contributed by atoms with E-state index in [9.17, 15) is 4.79 Å². The van der Waals surface area contributed by atoms with Crippen LogP contribution in [-0.2, 0) is 0 Å². The van der Waals surface area contributed by atoms with Crippen LogP contribution in [0.15, 0.2) is 57.4 Å². The molecule has 0 saturated heterocycles. The number of hydrogen-bond donors (Lipinski definition) is 0. The van der Waals surface area contributed by atoms with E-state index in [4.69, 9.17) is 19.2 Å². The largest absolute Gasteiger partial charge is 0.493 e. The van der Waals surface area contributed by atoms with Gasteiger partial charge in [-0.2, -0.15) is 5.26 Å². The van der Waals surface area contributed by atoms with Crippen LogP contribution in [0.2, 0.25) is 0 Å². The van der Waals surface area contributed by atoms with Gasteiger partial charge < -0.3 is 13.9 Å². The van der Waals surface area contributed by atoms with Crippen molar-refractivity contribution in [1.82, 2.24) is 0 Å². The van der Waals surface area contributed by atoms with Crippen molar-refractivity contribution >= 4 is 38.8 Å². The van der Waals surface area contributed by atoms with Crippen molar-refractivity contribution in [2.75, 3.05) is 13.7 Å². The second-order valence-electron chi connectivity index (χ2n) is 5.35. The Morgan fingerprint density at radius 2 is 2.08 bits per heavy atom. The fourth-order valence-electron chi connectivity index (χ4n) is 2.41. The molecule has 0 spiro atoms. The predicted octanol–water partition coefficient (Wildman–Crippen LogP) is 5.00. The number of halogens is 1. The molecule has 0 unspecified atom stereocenters. The van der Waals surface area contributed by atoms with Gasteiger partial charge in [0, 0.05) is 9.86 Å². The minimum absolute atomic E-state index is 0.0633. The number of carbonyl (C=O) groups excluding carboxylic acids is 1. The zero-order chi connectivity index (χ0) is 18.5. The average molecular weight is 412 g/mol. The second kappa shape index (κ2) is 7.89. The van der Waals surface area contributed by atoms with Crippen molar-refractivity contribution in [3.05, 3.63) is 64.3 Å². The highest BCUT2D eigenvalue weighted by Gasteiger charge is 2.10. The summed E-state index contributed by atoms with van der Waals surface area (Å²) in [6, 6.07) is 14.4. The highest BCUT2D eigenvalue weighted by molar-refractivity contribution is 9.10. The second-order valence-corrected chi connectivity index (χ2v) is 6.26. The number of fused-ring (bicyclic) bond motifs is 1. The number of hydrogen-bond acceptors (Lipinski definition) is 5. The van der Waals surface area contributed by atoms with Crippen molar-refractivity contribution < 1.29 is 18.7 Å². The first kappa shape index (κ1) is 17.8. The van der Waals surface area contributed by atoms with Crippen molar-refractivity contribution in [2.24, 2.45) is 0 Å². The molecular weight excluding hydrogens is 398 g/mol. The van der Waals surface area contributed by atoms with Gasteiger partial charge in [-0.3, -0.25) is 4.79 Å². The summed E-state index contributed by atoms with van der Waals surface area (Å²) in [5.74, 6) is 1.00. The lowest BCUT2D eigenvalue weighted by atomic mass is 10.1. The molecule has 0 aliphatic rings. The molecule has 0 aliphatic heterocycles. The van der Waals surface area contributed by atoms with Crippen molar-refractivity contribution in [3.63, 3.8) is 0 Å². The molecule has 2 aromatic carbocycles. The molecule has 0 radical (unpaired) electrons. The number of methoxy groups -OCH3 is 1. The van der Waals surface area contributed by atoms with Crippen molar-refractivity contribution in [3.8, 4) is 17.6 Å². The molecule has 0 fully saturated rings. The fraction of sp³-hybridized carbons (Fsp3) is 0.100. The lowest BCUT2D eigenvalue weighted by Crippen LogP contribution is -1.97. The first-order valence-corrected chi connectivity index (χ1v) is 8.49. The van der Waals surface area contributed by atoms with Crippen LogP contribution in [-0.4, -0.2) is 19.5 Å². The molecule has 26 heavy (non-hydrogen) atoms. The first-order chi connectivity index (χ1) is 12.6. The smallest absolute Gasteiger partial charge is 0.221 e. The Morgan fingerprint density at radius 3 is 2.85 bits per heavy atom. The number of carbonyl (C=O) groups is 1. The van der Waals surface area contributed by atoms with E-state index in [1.54, 1.807) is 30.3 Å². The Morgan fingerprint density at radius 1 is 1.23 bits per heavy atom. The van der Waals surface area contributed by atoms with Gasteiger partial charge in [-0.05, 0) is 48.0 Å². The summed E-state index contributed by atoms with van der Waals surface area (Å²) in [6.07, 6.45) is 3.11. The quantitative estimate of drug-likeness (QED) is 0.421. The number of nitrogens with zero attached hydrogens (tertiary/aromatic N) is 1. The van der Waals surface area contributed by atoms with Crippen molar-refractivity contribution in [1.29, 1.82) is 5.26 Å². The molecule has 6 heteroatoms. The Hall–Kier alpha value is -3.04. The zero-order valence-corrected chi connectivity index (χ0v) is 15.4. The van der Waals surface area contributed by atoms with Crippen LogP contribution in [0.25, 0.3) is 17.0 Å². The van der Waals surface area contributed by atoms with Crippen LogP contribution in [0.5, 0.6) is 11.5 Å². The van der Waals surface area contributed by atoms with Crippen LogP contribution < -0.4 is 9.47 Å². The molecule has 1 aromatic heterocycles. The summed E-state index contributed by atoms with van der Waals surface area (Å²) in [7, 11) is 1.51. The summed E-state index contributed by atoms with van der Waals surface area (Å²) in [5.41, 5.74) is 1.42. The van der Waals surface area contributed by atoms with Crippen LogP contribution in [0.4, 0.5) is 0 Å². The monoisotopic (exact) mass is 411 g/mol. The van der Waals surface area contributed by atoms with Gasteiger partial charge >= 0.3 is 0 Å². The van der Waals surface area contributed by atoms with Gasteiger partial charge in [0.1, 0.15) is 11.7 Å². The summed E-state index contributed by atoms with van der Waals surface area (Å²) in [5, 5.41) is 9.45. The van der Waals surface area contributed by atoms with Gasteiger partial charge in [0.2, 0.25) is 5.78 Å². The van der Waals surface area contributed by atoms with E-state index in [1.165, 1.54) is 13.2 Å². The molecule has 1 heterocycles. The lowest BCUT2D eigenvalue weighted by molar-refractivity contribution is 0.102. The highest BCUT2D eigenvalue weighted by atomic mass is 79.9. The molecule has 130 valence electrons. The predicted molar refractivity (Wildman–Crippen MR) is 101 cm³/mol. The molecule has 3 rings (SSSR count). The molecule has 0 saturated carbocycles. The molecule has 0 atom stereocenters. The van der Waals surface area contributed by atoms with Gasteiger partial charge in [0.25, 0.3) is 0 Å². The summed E-state index contributed by atoms with van der Waals surface area (Å²) < 4.78 is 17.0. The summed E-state index contributed by atoms with van der Waals surface area (Å²) >= 11 is 3.39. The first-order valence-electron chi connectivity index (χ1n) is 7.70. The van der Waals surface area contributed by atoms with E-state index in [-0.39, 0.29) is 18.2 Å². The molecule has 5 nitrogen and oxygen atoms in total. The maximum atomic E-state index is 12.4. The minimum Gasteiger partial charge on any atom is -0.493 e. The van der Waals surface area contributed by atoms with Gasteiger partial charge in [-0.15, -0.1) is 0 Å². The van der Waals surface area contributed by atoms with Crippen LogP contribution in [0.3, 0.4) is 0 Å². The Kier molecular flexibility index (Phi) is 5.40. The summed E-state index contributed by atoms with van der Waals surface area (Å²) in [4.78, 5) is 12.4. The number of ketones is 1. The van der Waals surface area contributed by atoms with Crippen LogP contribution in [0.1, 0.15) is 16.1 Å². The van der Waals surface area contributed by atoms with Gasteiger partial charge in [-0.1, -0.05) is 28.1 Å². The topological polar surface area (TPSA) is 72.5 Å². The Labute approximate surface area is 158 Å². The number of benzene rings is 2. The average Bonchev–Trinajstić information content (AvgIpc) is 3.07. The van der Waals surface area contributed by atoms with E-state index in [1.807, 2.05) is 24.3 Å². The van der Waals surface area contributed by atoms with E-state index < -0.39 is 0 Å². The van der Waals surface area contributed by atoms with Gasteiger partial charge in [0.05, 0.1) is 7.11 Å². The molecule has 0 aliphatic carbocycles. The third kappa shape index (κ3) is 3.95. The molecule has 0 bridgehead atoms. The van der Waals surface area contributed by atoms with Gasteiger partial charge in [-0.25, -0.2) is 0 Å². The number of rotatable bonds is 6. The zero-order valence-electron chi connectivity index (χ0n) is 13.9. The van der Waals surface area contributed by atoms with E-state index in [0.717, 1.165) is 15.4 Å². The standard InChI is InChI=1S/C20H14BrNO4/c1-24-20-10-13(3-6-18(20)25-9-8-22)2-5-16(23)19-12-14-11-15(21)4-7-17(14)26-19/h2-7,10-12H,9H2,1H3/b5-2+. The molecular formula is C20H14BrNO4. The fourth-order valence-corrected chi connectivity index (χ4v) is 2.79. The normalized spacial score (nSPS) is 10.8. The molecule has 3 aromatic rings. The van der Waals surface area contributed by atoms with Crippen molar-refractivity contribution in [2.45, 2.75) is 0 Å². The van der Waals surface area contributed by atoms with E-state index in [2.05, 4.69) is 15.9 Å². The Bertz CT molecular complexity index is 1030. The molecule has 0 amide bonds.